The molecule has 7 atom stereocenters. The fourth-order valence-corrected chi connectivity index (χ4v) is 10.2. The predicted octanol–water partition coefficient (Wildman–Crippen LogP) is 8.62. The van der Waals surface area contributed by atoms with E-state index in [1.165, 1.54) is 28.8 Å². The van der Waals surface area contributed by atoms with Gasteiger partial charge in [0, 0.05) is 32.2 Å². The Morgan fingerprint density at radius 3 is 1.30 bits per heavy atom. The van der Waals surface area contributed by atoms with Crippen molar-refractivity contribution in [2.45, 2.75) is 167 Å². The topological polar surface area (TPSA) is 282 Å². The Hall–Kier alpha value is -6.43. The average Bonchev–Trinajstić information content (AvgIpc) is 3.21. The van der Waals surface area contributed by atoms with Gasteiger partial charge in [-0.3, -0.25) is 19.2 Å². The van der Waals surface area contributed by atoms with E-state index in [0.717, 1.165) is 139 Å². The Morgan fingerprint density at radius 2 is 0.891 bits per heavy atom. The Morgan fingerprint density at radius 1 is 0.489 bits per heavy atom. The highest BCUT2D eigenvalue weighted by molar-refractivity contribution is 5.75. The normalized spacial score (nSPS) is 14.8. The summed E-state index contributed by atoms with van der Waals surface area (Å²) in [7, 11) is 7.75. The summed E-state index contributed by atoms with van der Waals surface area (Å²) in [6.07, 6.45) is 13.9. The van der Waals surface area contributed by atoms with Gasteiger partial charge >= 0.3 is 23.9 Å². The SMILES string of the molecule is CCC(C)[C@H](NCCOc1ccccc1CCCNC)C(=O)O.CCC[C@H](NC[C@@H](C)Oc1ccccc1CCCNC)C(=O)O.CNCCCc1ccc(F)cc1OCCN[C@H](C(=O)O)C1CC1.CNCCCc1ccccc1O[C@H](C)CN[C@H](C(=O)O)C1CC1. The van der Waals surface area contributed by atoms with Gasteiger partial charge in [0.25, 0.3) is 0 Å². The van der Waals surface area contributed by atoms with Crippen LogP contribution >= 0.6 is 0 Å². The summed E-state index contributed by atoms with van der Waals surface area (Å²) in [6, 6.07) is 26.8. The molecular formula is C71H113FN8O12. The Kier molecular flexibility index (Phi) is 41.2. The molecule has 2 aliphatic rings. The maximum Gasteiger partial charge on any atom is 0.320 e. The lowest BCUT2D eigenvalue weighted by atomic mass is 9.99. The minimum atomic E-state index is -0.814. The minimum absolute atomic E-state index is 0.0685. The van der Waals surface area contributed by atoms with Crippen molar-refractivity contribution in [3.05, 3.63) is 119 Å². The molecule has 2 fully saturated rings. The Labute approximate surface area is 548 Å². The number of aliphatic carboxylic acids is 4. The molecule has 12 N–H and O–H groups in total. The molecule has 0 saturated heterocycles. The highest BCUT2D eigenvalue weighted by Crippen LogP contribution is 2.34. The third kappa shape index (κ3) is 33.4. The van der Waals surface area contributed by atoms with E-state index in [4.69, 9.17) is 29.2 Å². The largest absolute Gasteiger partial charge is 0.492 e. The van der Waals surface area contributed by atoms with Crippen molar-refractivity contribution in [3.8, 4) is 23.0 Å². The third-order valence-electron chi connectivity index (χ3n) is 15.9. The van der Waals surface area contributed by atoms with Crippen LogP contribution in [0.5, 0.6) is 23.0 Å². The van der Waals surface area contributed by atoms with Gasteiger partial charge in [-0.05, 0) is 216 Å². The van der Waals surface area contributed by atoms with Gasteiger partial charge in [0.1, 0.15) is 78.4 Å². The summed E-state index contributed by atoms with van der Waals surface area (Å²) in [4.78, 5) is 44.8. The molecule has 6 rings (SSSR count). The number of carbonyl (C=O) groups is 4. The van der Waals surface area contributed by atoms with Crippen molar-refractivity contribution in [3.63, 3.8) is 0 Å². The number of hydrogen-bond donors (Lipinski definition) is 12. The van der Waals surface area contributed by atoms with Gasteiger partial charge in [0.15, 0.2) is 0 Å². The van der Waals surface area contributed by atoms with Gasteiger partial charge < -0.3 is 81.9 Å². The number of para-hydroxylation sites is 3. The van der Waals surface area contributed by atoms with Crippen LogP contribution in [-0.4, -0.2) is 174 Å². The number of carboxylic acids is 4. The second-order valence-electron chi connectivity index (χ2n) is 23.9. The molecule has 1 unspecified atom stereocenters. The van der Waals surface area contributed by atoms with E-state index in [0.29, 0.717) is 51.6 Å². The maximum atomic E-state index is 13.4. The predicted molar refractivity (Wildman–Crippen MR) is 363 cm³/mol. The second kappa shape index (κ2) is 47.4. The van der Waals surface area contributed by atoms with E-state index >= 15 is 0 Å². The highest BCUT2D eigenvalue weighted by Gasteiger charge is 2.37. The fraction of sp³-hybridized carbons (Fsp3) is 0.606. The van der Waals surface area contributed by atoms with Crippen molar-refractivity contribution in [1.29, 1.82) is 0 Å². The molecule has 0 heterocycles. The van der Waals surface area contributed by atoms with E-state index < -0.39 is 48.0 Å². The van der Waals surface area contributed by atoms with Gasteiger partial charge in [-0.1, -0.05) is 94.3 Å². The molecule has 0 bridgehead atoms. The first kappa shape index (κ1) is 79.8. The first-order valence-electron chi connectivity index (χ1n) is 33.4. The van der Waals surface area contributed by atoms with Crippen molar-refractivity contribution < 1.29 is 62.9 Å². The number of ether oxygens (including phenoxy) is 4. The highest BCUT2D eigenvalue weighted by atomic mass is 19.1. The van der Waals surface area contributed by atoms with Crippen molar-refractivity contribution >= 4 is 23.9 Å². The van der Waals surface area contributed by atoms with Crippen LogP contribution in [0.1, 0.15) is 128 Å². The minimum Gasteiger partial charge on any atom is -0.492 e. The van der Waals surface area contributed by atoms with Gasteiger partial charge in [-0.2, -0.15) is 0 Å². The van der Waals surface area contributed by atoms with E-state index in [1.54, 1.807) is 6.07 Å². The summed E-state index contributed by atoms with van der Waals surface area (Å²) in [5.74, 6) is 0.343. The zero-order valence-electron chi connectivity index (χ0n) is 56.5. The van der Waals surface area contributed by atoms with Crippen molar-refractivity contribution in [1.82, 2.24) is 42.5 Å². The average molecular weight is 1290 g/mol. The van der Waals surface area contributed by atoms with Crippen molar-refractivity contribution in [2.75, 3.05) is 93.8 Å². The van der Waals surface area contributed by atoms with Gasteiger partial charge in [0.05, 0.1) is 0 Å². The molecule has 20 nitrogen and oxygen atoms in total. The molecule has 0 aromatic heterocycles. The zero-order valence-corrected chi connectivity index (χ0v) is 56.5. The lowest BCUT2D eigenvalue weighted by Crippen LogP contribution is -2.43. The Balaban J connectivity index is 0.000000320. The van der Waals surface area contributed by atoms with Crippen LogP contribution in [0.3, 0.4) is 0 Å². The van der Waals surface area contributed by atoms with Gasteiger partial charge in [-0.25, -0.2) is 4.39 Å². The molecule has 21 heteroatoms. The molecule has 0 radical (unpaired) electrons. The van der Waals surface area contributed by atoms with Crippen LogP contribution in [0.4, 0.5) is 4.39 Å². The lowest BCUT2D eigenvalue weighted by molar-refractivity contribution is -0.141. The molecular weight excluding hydrogens is 1180 g/mol. The first-order chi connectivity index (χ1) is 44.4. The lowest BCUT2D eigenvalue weighted by Gasteiger charge is -2.20. The molecule has 4 aromatic carbocycles. The van der Waals surface area contributed by atoms with Crippen LogP contribution < -0.4 is 61.5 Å². The maximum absolute atomic E-state index is 13.4. The molecule has 0 amide bonds. The van der Waals surface area contributed by atoms with Crippen LogP contribution in [0.15, 0.2) is 91.0 Å². The van der Waals surface area contributed by atoms with Crippen LogP contribution in [0, 0.1) is 23.6 Å². The summed E-state index contributed by atoms with van der Waals surface area (Å²) >= 11 is 0. The quantitative estimate of drug-likeness (QED) is 0.0184. The van der Waals surface area contributed by atoms with Gasteiger partial charge in [0.2, 0.25) is 0 Å². The number of hydrogen-bond acceptors (Lipinski definition) is 16. The first-order valence-corrected chi connectivity index (χ1v) is 33.4. The number of benzene rings is 4. The second-order valence-corrected chi connectivity index (χ2v) is 23.9. The summed E-state index contributed by atoms with van der Waals surface area (Å²) in [5, 5.41) is 61.6. The molecule has 0 aliphatic heterocycles. The number of rotatable bonds is 46. The van der Waals surface area contributed by atoms with Crippen LogP contribution in [0.25, 0.3) is 0 Å². The van der Waals surface area contributed by atoms with Gasteiger partial charge in [-0.15, -0.1) is 0 Å². The van der Waals surface area contributed by atoms with E-state index in [1.807, 2.05) is 117 Å². The molecule has 2 aliphatic carbocycles. The summed E-state index contributed by atoms with van der Waals surface area (Å²) < 4.78 is 36.9. The van der Waals surface area contributed by atoms with E-state index in [2.05, 4.69) is 60.7 Å². The number of carboxylic acid groups (broad SMARTS) is 4. The summed E-state index contributed by atoms with van der Waals surface area (Å²) in [6.45, 7) is 16.5. The monoisotopic (exact) mass is 1290 g/mol. The van der Waals surface area contributed by atoms with Crippen LogP contribution in [0.2, 0.25) is 0 Å². The third-order valence-corrected chi connectivity index (χ3v) is 15.9. The van der Waals surface area contributed by atoms with Crippen LogP contribution in [-0.2, 0) is 44.9 Å². The van der Waals surface area contributed by atoms with E-state index in [-0.39, 0.29) is 35.8 Å². The zero-order chi connectivity index (χ0) is 67.5. The summed E-state index contributed by atoms with van der Waals surface area (Å²) in [5.41, 5.74) is 4.56. The number of nitrogens with one attached hydrogen (secondary N) is 8. The molecule has 92 heavy (non-hydrogen) atoms. The molecule has 4 aromatic rings. The Bertz CT molecular complexity index is 2670. The van der Waals surface area contributed by atoms with Crippen molar-refractivity contribution in [2.24, 2.45) is 17.8 Å². The molecule has 2 saturated carbocycles. The standard InChI is InChI=1S/C18H28N2O3.2C18H30N2O3.C17H25FN2O3/c1-13(12-20-17(18(21)22)15-9-10-15)23-16-8-4-3-6-14(16)7-5-11-19-2;1-4-14(2)17(18(21)22)20-12-13-23-16-10-6-5-8-15(16)9-7-11-19-3;1-4-8-16(18(21)22)20-13-14(2)23-17-11-6-5-9-15(17)10-7-12-19-3;1-19-8-2-3-12-6-7-14(18)11-15(12)23-10-9-20-16(17(21)22)13-4-5-13/h3-4,6,8,13,15,17,19-20H,5,7,9-12H2,1-2H3,(H,21,22);5-6,8,10,14,17,19-20H,4,7,9,11-13H2,1-3H3,(H,21,22);5-6,9,11,14,16,19-20H,4,7-8,10,12-13H2,1-3H3,(H,21,22);6-7,11,13,16,19-20H,2-5,8-10H2,1H3,(H,21,22)/t13-,17+;14?,17-;14-,16+;16-/m1010/s1. The number of aryl methyl sites for hydroxylation is 4. The molecule has 516 valence electrons. The van der Waals surface area contributed by atoms with E-state index in [9.17, 15) is 33.8 Å². The number of halogens is 1. The molecule has 0 spiro atoms. The fourth-order valence-electron chi connectivity index (χ4n) is 10.2. The smallest absolute Gasteiger partial charge is 0.320 e.